The van der Waals surface area contributed by atoms with Gasteiger partial charge in [0.05, 0.1) is 11.8 Å². The molecule has 1 aliphatic heterocycles. The van der Waals surface area contributed by atoms with Gasteiger partial charge in [0.25, 0.3) is 5.91 Å². The molecule has 0 aliphatic carbocycles. The number of rotatable bonds is 2. The number of likely N-dealkylation sites (tertiary alicyclic amines) is 1. The maximum atomic E-state index is 12.1. The number of nitrogens with zero attached hydrogens (tertiary/aromatic N) is 2. The minimum Gasteiger partial charge on any atom is -0.334 e. The Morgan fingerprint density at radius 1 is 1.80 bits per heavy atom. The largest absolute Gasteiger partial charge is 0.334 e. The number of hydrogen-bond acceptors (Lipinski definition) is 3. The van der Waals surface area contributed by atoms with Crippen molar-refractivity contribution in [2.75, 3.05) is 13.1 Å². The molecule has 5 nitrogen and oxygen atoms in total. The number of carbonyl (C=O) groups is 1. The Hall–Kier alpha value is -1.36. The average molecular weight is 208 g/mol. The van der Waals surface area contributed by atoms with Crippen molar-refractivity contribution in [3.05, 3.63) is 17.5 Å². The molecule has 0 bridgehead atoms. The Labute approximate surface area is 88.6 Å². The molecular formula is C10H16N4O. The second kappa shape index (κ2) is 4.02. The molecule has 0 saturated carbocycles. The van der Waals surface area contributed by atoms with E-state index in [9.17, 15) is 4.79 Å². The lowest BCUT2D eigenvalue weighted by Crippen LogP contribution is -2.40. The third kappa shape index (κ3) is 1.74. The van der Waals surface area contributed by atoms with Crippen LogP contribution in [-0.2, 0) is 0 Å². The zero-order valence-electron chi connectivity index (χ0n) is 8.86. The lowest BCUT2D eigenvalue weighted by atomic mass is 10.2. The van der Waals surface area contributed by atoms with Crippen molar-refractivity contribution in [3.63, 3.8) is 0 Å². The highest BCUT2D eigenvalue weighted by molar-refractivity contribution is 5.95. The van der Waals surface area contributed by atoms with E-state index < -0.39 is 0 Å². The smallest absolute Gasteiger partial charge is 0.257 e. The normalized spacial score (nSPS) is 20.9. The van der Waals surface area contributed by atoms with Crippen LogP contribution in [0.5, 0.6) is 0 Å². The maximum absolute atomic E-state index is 12.1. The van der Waals surface area contributed by atoms with E-state index in [1.165, 1.54) is 0 Å². The van der Waals surface area contributed by atoms with Gasteiger partial charge < -0.3 is 10.6 Å². The summed E-state index contributed by atoms with van der Waals surface area (Å²) in [6.07, 6.45) is 3.65. The lowest BCUT2D eigenvalue weighted by Gasteiger charge is -2.23. The lowest BCUT2D eigenvalue weighted by molar-refractivity contribution is 0.0740. The first-order chi connectivity index (χ1) is 7.24. The van der Waals surface area contributed by atoms with E-state index in [0.717, 1.165) is 25.1 Å². The quantitative estimate of drug-likeness (QED) is 0.733. The van der Waals surface area contributed by atoms with Crippen molar-refractivity contribution in [2.24, 2.45) is 5.73 Å². The Kier molecular flexibility index (Phi) is 2.73. The molecule has 1 fully saturated rings. The predicted molar refractivity (Wildman–Crippen MR) is 56.4 cm³/mol. The van der Waals surface area contributed by atoms with Crippen LogP contribution >= 0.6 is 0 Å². The van der Waals surface area contributed by atoms with E-state index in [1.807, 2.05) is 11.8 Å². The van der Waals surface area contributed by atoms with Crippen LogP contribution in [-0.4, -0.2) is 40.1 Å². The van der Waals surface area contributed by atoms with Gasteiger partial charge in [0.1, 0.15) is 0 Å². The van der Waals surface area contributed by atoms with Gasteiger partial charge in [-0.15, -0.1) is 0 Å². The fourth-order valence-electron chi connectivity index (χ4n) is 2.07. The fraction of sp³-hybridized carbons (Fsp3) is 0.600. The molecule has 1 unspecified atom stereocenters. The second-order valence-electron chi connectivity index (χ2n) is 3.94. The zero-order chi connectivity index (χ0) is 10.8. The van der Waals surface area contributed by atoms with E-state index >= 15 is 0 Å². The van der Waals surface area contributed by atoms with Gasteiger partial charge in [-0.25, -0.2) is 0 Å². The predicted octanol–water partition coefficient (Wildman–Crippen LogP) is 0.281. The third-order valence-corrected chi connectivity index (χ3v) is 2.97. The number of amides is 1. The molecule has 5 heteroatoms. The first-order valence-corrected chi connectivity index (χ1v) is 5.25. The summed E-state index contributed by atoms with van der Waals surface area (Å²) in [6, 6.07) is 0.201. The first kappa shape index (κ1) is 10.2. The highest BCUT2D eigenvalue weighted by Crippen LogP contribution is 2.19. The summed E-state index contributed by atoms with van der Waals surface area (Å²) in [5.41, 5.74) is 7.12. The number of aryl methyl sites for hydroxylation is 1. The molecule has 1 aromatic heterocycles. The van der Waals surface area contributed by atoms with Crippen LogP contribution < -0.4 is 5.73 Å². The molecule has 3 N–H and O–H groups in total. The standard InChI is InChI=1S/C10H16N4O/c1-7-9(6-12-13-7)10(15)14-4-2-3-8(14)5-11/h6,8H,2-5,11H2,1H3,(H,12,13). The van der Waals surface area contributed by atoms with Gasteiger partial charge in [-0.3, -0.25) is 9.89 Å². The van der Waals surface area contributed by atoms with Gasteiger partial charge in [0.15, 0.2) is 0 Å². The van der Waals surface area contributed by atoms with Gasteiger partial charge >= 0.3 is 0 Å². The van der Waals surface area contributed by atoms with Crippen LogP contribution in [0, 0.1) is 6.92 Å². The monoisotopic (exact) mass is 208 g/mol. The molecule has 1 atom stereocenters. The summed E-state index contributed by atoms with van der Waals surface area (Å²) in [7, 11) is 0. The van der Waals surface area contributed by atoms with Crippen molar-refractivity contribution < 1.29 is 4.79 Å². The van der Waals surface area contributed by atoms with Crippen molar-refractivity contribution in [3.8, 4) is 0 Å². The minimum absolute atomic E-state index is 0.0502. The molecule has 0 aromatic carbocycles. The SMILES string of the molecule is Cc1[nH]ncc1C(=O)N1CCCC1CN. The fourth-order valence-corrected chi connectivity index (χ4v) is 2.07. The molecule has 15 heavy (non-hydrogen) atoms. The highest BCUT2D eigenvalue weighted by atomic mass is 16.2. The molecule has 0 radical (unpaired) electrons. The highest BCUT2D eigenvalue weighted by Gasteiger charge is 2.29. The number of nitrogens with two attached hydrogens (primary N) is 1. The van der Waals surface area contributed by atoms with Crippen molar-refractivity contribution in [1.82, 2.24) is 15.1 Å². The molecule has 0 spiro atoms. The number of aromatic amines is 1. The number of aromatic nitrogens is 2. The van der Waals surface area contributed by atoms with Crippen molar-refractivity contribution >= 4 is 5.91 Å². The van der Waals surface area contributed by atoms with E-state index in [1.54, 1.807) is 6.20 Å². The summed E-state index contributed by atoms with van der Waals surface area (Å²) in [6.45, 7) is 3.21. The average Bonchev–Trinajstić information content (AvgIpc) is 2.84. The Morgan fingerprint density at radius 2 is 2.60 bits per heavy atom. The number of hydrogen-bond donors (Lipinski definition) is 2. The molecule has 2 heterocycles. The van der Waals surface area contributed by atoms with Gasteiger partial charge in [0.2, 0.25) is 0 Å². The zero-order valence-corrected chi connectivity index (χ0v) is 8.86. The van der Waals surface area contributed by atoms with Crippen LogP contribution in [0.15, 0.2) is 6.20 Å². The molecule has 1 aromatic rings. The van der Waals surface area contributed by atoms with Crippen LogP contribution in [0.4, 0.5) is 0 Å². The topological polar surface area (TPSA) is 75.0 Å². The van der Waals surface area contributed by atoms with Gasteiger partial charge in [-0.2, -0.15) is 5.10 Å². The van der Waals surface area contributed by atoms with Crippen LogP contribution in [0.25, 0.3) is 0 Å². The molecule has 2 rings (SSSR count). The summed E-state index contributed by atoms with van der Waals surface area (Å²) < 4.78 is 0. The van der Waals surface area contributed by atoms with E-state index in [4.69, 9.17) is 5.73 Å². The summed E-state index contributed by atoms with van der Waals surface area (Å²) in [5, 5.41) is 6.64. The Balaban J connectivity index is 2.18. The summed E-state index contributed by atoms with van der Waals surface area (Å²) in [4.78, 5) is 14.0. The Bertz CT molecular complexity index is 360. The second-order valence-corrected chi connectivity index (χ2v) is 3.94. The number of nitrogens with one attached hydrogen (secondary N) is 1. The van der Waals surface area contributed by atoms with E-state index in [-0.39, 0.29) is 11.9 Å². The van der Waals surface area contributed by atoms with E-state index in [0.29, 0.717) is 12.1 Å². The van der Waals surface area contributed by atoms with Crippen LogP contribution in [0.3, 0.4) is 0 Å². The minimum atomic E-state index is 0.0502. The van der Waals surface area contributed by atoms with Gasteiger partial charge in [-0.05, 0) is 19.8 Å². The first-order valence-electron chi connectivity index (χ1n) is 5.25. The van der Waals surface area contributed by atoms with Crippen molar-refractivity contribution in [1.29, 1.82) is 0 Å². The molecule has 1 amide bonds. The summed E-state index contributed by atoms with van der Waals surface area (Å²) in [5.74, 6) is 0.0502. The van der Waals surface area contributed by atoms with Crippen LogP contribution in [0.1, 0.15) is 28.9 Å². The molecule has 1 aliphatic rings. The maximum Gasteiger partial charge on any atom is 0.257 e. The molecular weight excluding hydrogens is 192 g/mol. The Morgan fingerprint density at radius 3 is 3.20 bits per heavy atom. The number of carbonyl (C=O) groups excluding carboxylic acids is 1. The molecule has 1 saturated heterocycles. The molecule has 82 valence electrons. The van der Waals surface area contributed by atoms with Gasteiger partial charge in [0, 0.05) is 24.8 Å². The van der Waals surface area contributed by atoms with Gasteiger partial charge in [-0.1, -0.05) is 0 Å². The number of H-pyrrole nitrogens is 1. The van der Waals surface area contributed by atoms with E-state index in [2.05, 4.69) is 10.2 Å². The van der Waals surface area contributed by atoms with Crippen LogP contribution in [0.2, 0.25) is 0 Å². The summed E-state index contributed by atoms with van der Waals surface area (Å²) >= 11 is 0. The third-order valence-electron chi connectivity index (χ3n) is 2.97. The van der Waals surface area contributed by atoms with Crippen molar-refractivity contribution in [2.45, 2.75) is 25.8 Å².